The van der Waals surface area contributed by atoms with Crippen LogP contribution in [-0.4, -0.2) is 39.1 Å². The summed E-state index contributed by atoms with van der Waals surface area (Å²) in [4.78, 5) is 13.8. The minimum atomic E-state index is -0.116. The second-order valence-corrected chi connectivity index (χ2v) is 9.41. The van der Waals surface area contributed by atoms with E-state index in [1.807, 2.05) is 0 Å². The van der Waals surface area contributed by atoms with E-state index < -0.39 is 0 Å². The smallest absolute Gasteiger partial charge is 0.235 e. The molecule has 0 radical (unpaired) electrons. The fourth-order valence-corrected chi connectivity index (χ4v) is 5.95. The highest BCUT2D eigenvalue weighted by atomic mass is 32.2. The number of nitrogens with one attached hydrogen (secondary N) is 1. The monoisotopic (exact) mass is 431 g/mol. The highest BCUT2D eigenvalue weighted by molar-refractivity contribution is 7.99. The molecule has 4 rings (SSSR count). The van der Waals surface area contributed by atoms with Crippen molar-refractivity contribution in [3.63, 3.8) is 0 Å². The van der Waals surface area contributed by atoms with Crippen LogP contribution < -0.4 is 5.32 Å². The third-order valence-corrected chi connectivity index (χ3v) is 7.56. The average molecular weight is 432 g/mol. The fraction of sp³-hybridized carbons (Fsp3) is 0.600. The Labute approximate surface area is 178 Å². The maximum absolute atomic E-state index is 12.6. The van der Waals surface area contributed by atoms with Crippen LogP contribution in [0.5, 0.6) is 0 Å². The molecule has 0 saturated carbocycles. The van der Waals surface area contributed by atoms with E-state index in [2.05, 4.69) is 33.1 Å². The molecule has 1 aliphatic heterocycles. The van der Waals surface area contributed by atoms with Crippen LogP contribution in [-0.2, 0) is 35.3 Å². The van der Waals surface area contributed by atoms with Crippen LogP contribution in [0, 0.1) is 11.3 Å². The number of anilines is 1. The Morgan fingerprint density at radius 1 is 1.38 bits per heavy atom. The zero-order chi connectivity index (χ0) is 20.2. The van der Waals surface area contributed by atoms with Crippen molar-refractivity contribution in [1.29, 1.82) is 5.26 Å². The SMILES string of the molecule is CCc1nnc(SCC(=O)Nc2sc3c(c2C#N)CCCC3)n1CC1CCCO1. The molecule has 0 spiro atoms. The van der Waals surface area contributed by atoms with Gasteiger partial charge in [0.25, 0.3) is 0 Å². The molecule has 0 bridgehead atoms. The van der Waals surface area contributed by atoms with Crippen LogP contribution in [0.3, 0.4) is 0 Å². The van der Waals surface area contributed by atoms with Crippen LogP contribution in [0.15, 0.2) is 5.16 Å². The lowest BCUT2D eigenvalue weighted by Crippen LogP contribution is -2.19. The van der Waals surface area contributed by atoms with E-state index in [-0.39, 0.29) is 17.8 Å². The van der Waals surface area contributed by atoms with E-state index in [1.54, 1.807) is 11.3 Å². The molecule has 7 nitrogen and oxygen atoms in total. The number of hydrogen-bond acceptors (Lipinski definition) is 7. The van der Waals surface area contributed by atoms with Gasteiger partial charge >= 0.3 is 0 Å². The number of rotatable bonds is 7. The fourth-order valence-electron chi connectivity index (χ4n) is 3.93. The first-order valence-electron chi connectivity index (χ1n) is 10.2. The molecule has 0 aromatic carbocycles. The summed E-state index contributed by atoms with van der Waals surface area (Å²) in [7, 11) is 0. The van der Waals surface area contributed by atoms with E-state index in [4.69, 9.17) is 4.74 Å². The molecule has 154 valence electrons. The van der Waals surface area contributed by atoms with Gasteiger partial charge in [0.15, 0.2) is 5.16 Å². The van der Waals surface area contributed by atoms with E-state index in [9.17, 15) is 10.1 Å². The first kappa shape index (κ1) is 20.4. The Morgan fingerprint density at radius 2 is 2.24 bits per heavy atom. The summed E-state index contributed by atoms with van der Waals surface area (Å²) in [5.74, 6) is 1.04. The van der Waals surface area contributed by atoms with Gasteiger partial charge in [-0.2, -0.15) is 5.26 Å². The van der Waals surface area contributed by atoms with Crippen LogP contribution in [0.2, 0.25) is 0 Å². The molecule has 1 aliphatic carbocycles. The first-order chi connectivity index (χ1) is 14.2. The highest BCUT2D eigenvalue weighted by Crippen LogP contribution is 2.37. The minimum absolute atomic E-state index is 0.116. The van der Waals surface area contributed by atoms with Crippen LogP contribution in [0.1, 0.15) is 54.4 Å². The zero-order valence-electron chi connectivity index (χ0n) is 16.6. The molecule has 2 aromatic heterocycles. The summed E-state index contributed by atoms with van der Waals surface area (Å²) < 4.78 is 7.84. The molecule has 3 heterocycles. The van der Waals surface area contributed by atoms with Crippen molar-refractivity contribution in [2.75, 3.05) is 17.7 Å². The molecule has 29 heavy (non-hydrogen) atoms. The standard InChI is InChI=1S/C20H25N5O2S2/c1-2-17-23-24-20(25(17)11-13-6-5-9-27-13)28-12-18(26)22-19-15(10-21)14-7-3-4-8-16(14)29-19/h13H,2-9,11-12H2,1H3,(H,22,26). The predicted octanol–water partition coefficient (Wildman–Crippen LogP) is 3.56. The van der Waals surface area contributed by atoms with Crippen LogP contribution >= 0.6 is 23.1 Å². The molecule has 2 aromatic rings. The summed E-state index contributed by atoms with van der Waals surface area (Å²) in [5, 5.41) is 22.5. The number of ether oxygens (including phenoxy) is 1. The van der Waals surface area contributed by atoms with Gasteiger partial charge in [0.1, 0.15) is 16.9 Å². The molecule has 1 fully saturated rings. The lowest BCUT2D eigenvalue weighted by Gasteiger charge is -2.14. The normalized spacial score (nSPS) is 18.4. The number of thiophene rings is 1. The highest BCUT2D eigenvalue weighted by Gasteiger charge is 2.23. The number of aromatic nitrogens is 3. The number of fused-ring (bicyclic) bond motifs is 1. The maximum atomic E-state index is 12.6. The summed E-state index contributed by atoms with van der Waals surface area (Å²) in [6, 6.07) is 2.29. The summed E-state index contributed by atoms with van der Waals surface area (Å²) in [6.07, 6.45) is 7.33. The number of thioether (sulfide) groups is 1. The second-order valence-electron chi connectivity index (χ2n) is 7.36. The van der Waals surface area contributed by atoms with Crippen molar-refractivity contribution in [2.45, 2.75) is 69.7 Å². The molecule has 2 aliphatic rings. The molecule has 1 N–H and O–H groups in total. The van der Waals surface area contributed by atoms with Gasteiger partial charge in [-0.3, -0.25) is 4.79 Å². The number of carbonyl (C=O) groups is 1. The van der Waals surface area contributed by atoms with E-state index >= 15 is 0 Å². The van der Waals surface area contributed by atoms with Crippen molar-refractivity contribution in [2.24, 2.45) is 0 Å². The van der Waals surface area contributed by atoms with Crippen molar-refractivity contribution >= 4 is 34.0 Å². The van der Waals surface area contributed by atoms with Crippen LogP contribution in [0.4, 0.5) is 5.00 Å². The molecular formula is C20H25N5O2S2. The Kier molecular flexibility index (Phi) is 6.53. The average Bonchev–Trinajstić information content (AvgIpc) is 3.45. The van der Waals surface area contributed by atoms with E-state index in [0.29, 0.717) is 10.6 Å². The Morgan fingerprint density at radius 3 is 3.00 bits per heavy atom. The lowest BCUT2D eigenvalue weighted by atomic mass is 9.96. The third-order valence-electron chi connectivity index (χ3n) is 5.39. The number of carbonyl (C=O) groups excluding carboxylic acids is 1. The third kappa shape index (κ3) is 4.49. The Balaban J connectivity index is 1.41. The molecule has 1 saturated heterocycles. The summed E-state index contributed by atoms with van der Waals surface area (Å²) in [6.45, 7) is 3.60. The molecular weight excluding hydrogens is 406 g/mol. The first-order valence-corrected chi connectivity index (χ1v) is 12.0. The summed E-state index contributed by atoms with van der Waals surface area (Å²) >= 11 is 2.94. The van der Waals surface area contributed by atoms with Gasteiger partial charge in [-0.1, -0.05) is 18.7 Å². The minimum Gasteiger partial charge on any atom is -0.376 e. The largest absolute Gasteiger partial charge is 0.376 e. The maximum Gasteiger partial charge on any atom is 0.235 e. The second kappa shape index (κ2) is 9.28. The quantitative estimate of drug-likeness (QED) is 0.674. The number of nitrogens with zero attached hydrogens (tertiary/aromatic N) is 4. The van der Waals surface area contributed by atoms with Gasteiger partial charge in [-0.05, 0) is 44.1 Å². The molecule has 1 atom stereocenters. The van der Waals surface area contributed by atoms with Gasteiger partial charge in [-0.15, -0.1) is 21.5 Å². The number of aryl methyl sites for hydroxylation is 2. The number of nitriles is 1. The van der Waals surface area contributed by atoms with E-state index in [0.717, 1.165) is 74.6 Å². The molecule has 9 heteroatoms. The Hall–Kier alpha value is -1.89. The lowest BCUT2D eigenvalue weighted by molar-refractivity contribution is -0.113. The molecule has 1 unspecified atom stereocenters. The number of amides is 1. The van der Waals surface area contributed by atoms with Crippen LogP contribution in [0.25, 0.3) is 0 Å². The summed E-state index contributed by atoms with van der Waals surface area (Å²) in [5.41, 5.74) is 1.79. The van der Waals surface area contributed by atoms with Crippen molar-refractivity contribution in [3.05, 3.63) is 21.8 Å². The van der Waals surface area contributed by atoms with Crippen molar-refractivity contribution in [1.82, 2.24) is 14.8 Å². The Bertz CT molecular complexity index is 924. The van der Waals surface area contributed by atoms with Gasteiger partial charge in [-0.25, -0.2) is 0 Å². The van der Waals surface area contributed by atoms with Crippen molar-refractivity contribution < 1.29 is 9.53 Å². The predicted molar refractivity (Wildman–Crippen MR) is 113 cm³/mol. The topological polar surface area (TPSA) is 92.8 Å². The van der Waals surface area contributed by atoms with Gasteiger partial charge in [0.2, 0.25) is 5.91 Å². The van der Waals surface area contributed by atoms with Gasteiger partial charge < -0.3 is 14.6 Å². The zero-order valence-corrected chi connectivity index (χ0v) is 18.2. The molecule has 1 amide bonds. The number of hydrogen-bond donors (Lipinski definition) is 1. The van der Waals surface area contributed by atoms with E-state index in [1.165, 1.54) is 16.6 Å². The van der Waals surface area contributed by atoms with Gasteiger partial charge in [0, 0.05) is 17.9 Å². The van der Waals surface area contributed by atoms with Gasteiger partial charge in [0.05, 0.1) is 24.0 Å². The van der Waals surface area contributed by atoms with Crippen molar-refractivity contribution in [3.8, 4) is 6.07 Å².